The summed E-state index contributed by atoms with van der Waals surface area (Å²) in [5.74, 6) is 0.663. The Balaban J connectivity index is 2.73. The van der Waals surface area contributed by atoms with E-state index in [1.165, 1.54) is 17.5 Å². The van der Waals surface area contributed by atoms with E-state index in [9.17, 15) is 0 Å². The minimum atomic E-state index is 0.663. The second-order valence-corrected chi connectivity index (χ2v) is 3.77. The van der Waals surface area contributed by atoms with Crippen LogP contribution in [0.1, 0.15) is 37.3 Å². The zero-order chi connectivity index (χ0) is 10.4. The monoisotopic (exact) mass is 191 g/mol. The molecule has 1 N–H and O–H groups in total. The SMILES string of the molecule is CCNCC(CC)c1ccccc1C. The Hall–Kier alpha value is -0.820. The van der Waals surface area contributed by atoms with Crippen molar-refractivity contribution in [3.05, 3.63) is 35.4 Å². The zero-order valence-corrected chi connectivity index (χ0v) is 9.51. The molecule has 0 bridgehead atoms. The summed E-state index contributed by atoms with van der Waals surface area (Å²) in [5, 5.41) is 3.42. The third-order valence-electron chi connectivity index (χ3n) is 2.76. The van der Waals surface area contributed by atoms with Gasteiger partial charge >= 0.3 is 0 Å². The van der Waals surface area contributed by atoms with Crippen LogP contribution in [-0.2, 0) is 0 Å². The van der Waals surface area contributed by atoms with E-state index in [1.54, 1.807) is 0 Å². The molecule has 0 saturated heterocycles. The highest BCUT2D eigenvalue weighted by Gasteiger charge is 2.09. The molecule has 0 heterocycles. The number of aryl methyl sites for hydroxylation is 1. The normalized spacial score (nSPS) is 12.8. The summed E-state index contributed by atoms with van der Waals surface area (Å²) in [4.78, 5) is 0. The van der Waals surface area contributed by atoms with Crippen LogP contribution in [0, 0.1) is 6.92 Å². The molecule has 1 rings (SSSR count). The van der Waals surface area contributed by atoms with Crippen molar-refractivity contribution in [3.63, 3.8) is 0 Å². The maximum absolute atomic E-state index is 3.42. The highest BCUT2D eigenvalue weighted by molar-refractivity contribution is 5.29. The molecule has 0 aliphatic carbocycles. The molecule has 1 aromatic carbocycles. The molecular formula is C13H21N. The number of rotatable bonds is 5. The van der Waals surface area contributed by atoms with E-state index in [4.69, 9.17) is 0 Å². The van der Waals surface area contributed by atoms with Crippen molar-refractivity contribution in [2.75, 3.05) is 13.1 Å². The predicted octanol–water partition coefficient (Wildman–Crippen LogP) is 3.10. The third kappa shape index (κ3) is 2.85. The van der Waals surface area contributed by atoms with Crippen LogP contribution >= 0.6 is 0 Å². The maximum atomic E-state index is 3.42. The van der Waals surface area contributed by atoms with Crippen LogP contribution in [0.15, 0.2) is 24.3 Å². The van der Waals surface area contributed by atoms with Crippen molar-refractivity contribution in [1.29, 1.82) is 0 Å². The summed E-state index contributed by atoms with van der Waals surface area (Å²) in [6.07, 6.45) is 1.21. The van der Waals surface area contributed by atoms with Crippen molar-refractivity contribution >= 4 is 0 Å². The summed E-state index contributed by atoms with van der Waals surface area (Å²) >= 11 is 0. The Kier molecular flexibility index (Phi) is 4.68. The molecule has 1 unspecified atom stereocenters. The molecule has 0 fully saturated rings. The lowest BCUT2D eigenvalue weighted by molar-refractivity contribution is 0.581. The number of hydrogen-bond donors (Lipinski definition) is 1. The van der Waals surface area contributed by atoms with Gasteiger partial charge in [0.2, 0.25) is 0 Å². The molecule has 0 radical (unpaired) electrons. The molecule has 1 nitrogen and oxygen atoms in total. The molecule has 14 heavy (non-hydrogen) atoms. The van der Waals surface area contributed by atoms with Gasteiger partial charge in [-0.1, -0.05) is 38.1 Å². The van der Waals surface area contributed by atoms with E-state index < -0.39 is 0 Å². The largest absolute Gasteiger partial charge is 0.316 e. The maximum Gasteiger partial charge on any atom is 0.00200 e. The van der Waals surface area contributed by atoms with Crippen LogP contribution in [0.3, 0.4) is 0 Å². The fraction of sp³-hybridized carbons (Fsp3) is 0.538. The predicted molar refractivity (Wildman–Crippen MR) is 62.8 cm³/mol. The molecule has 0 amide bonds. The van der Waals surface area contributed by atoms with E-state index in [1.807, 2.05) is 0 Å². The van der Waals surface area contributed by atoms with Gasteiger partial charge in [0.05, 0.1) is 0 Å². The lowest BCUT2D eigenvalue weighted by Gasteiger charge is -2.17. The van der Waals surface area contributed by atoms with Crippen molar-refractivity contribution < 1.29 is 0 Å². The topological polar surface area (TPSA) is 12.0 Å². The van der Waals surface area contributed by atoms with Gasteiger partial charge in [-0.05, 0) is 36.9 Å². The lowest BCUT2D eigenvalue weighted by atomic mass is 9.92. The summed E-state index contributed by atoms with van der Waals surface area (Å²) in [6, 6.07) is 8.69. The first kappa shape index (κ1) is 11.3. The van der Waals surface area contributed by atoms with Crippen LogP contribution in [0.25, 0.3) is 0 Å². The molecule has 78 valence electrons. The third-order valence-corrected chi connectivity index (χ3v) is 2.76. The first-order valence-corrected chi connectivity index (χ1v) is 5.55. The van der Waals surface area contributed by atoms with E-state index in [0.717, 1.165) is 13.1 Å². The summed E-state index contributed by atoms with van der Waals surface area (Å²) in [7, 11) is 0. The van der Waals surface area contributed by atoms with E-state index >= 15 is 0 Å². The van der Waals surface area contributed by atoms with Crippen LogP contribution in [-0.4, -0.2) is 13.1 Å². The fourth-order valence-corrected chi connectivity index (χ4v) is 1.84. The summed E-state index contributed by atoms with van der Waals surface area (Å²) in [6.45, 7) is 8.77. The molecule has 1 atom stereocenters. The van der Waals surface area contributed by atoms with Gasteiger partial charge < -0.3 is 5.32 Å². The highest BCUT2D eigenvalue weighted by atomic mass is 14.8. The highest BCUT2D eigenvalue weighted by Crippen LogP contribution is 2.21. The molecule has 0 saturated carbocycles. The van der Waals surface area contributed by atoms with Gasteiger partial charge in [-0.3, -0.25) is 0 Å². The standard InChI is InChI=1S/C13H21N/c1-4-12(10-14-5-2)13-9-7-6-8-11(13)3/h6-9,12,14H,4-5,10H2,1-3H3. The van der Waals surface area contributed by atoms with Gasteiger partial charge in [-0.25, -0.2) is 0 Å². The van der Waals surface area contributed by atoms with Crippen LogP contribution in [0.5, 0.6) is 0 Å². The molecule has 0 spiro atoms. The fourth-order valence-electron chi connectivity index (χ4n) is 1.84. The number of nitrogens with one attached hydrogen (secondary N) is 1. The first-order chi connectivity index (χ1) is 6.79. The average molecular weight is 191 g/mol. The molecule has 0 aliphatic rings. The summed E-state index contributed by atoms with van der Waals surface area (Å²) < 4.78 is 0. The van der Waals surface area contributed by atoms with Gasteiger partial charge in [0.25, 0.3) is 0 Å². The summed E-state index contributed by atoms with van der Waals surface area (Å²) in [5.41, 5.74) is 2.91. The number of benzene rings is 1. The smallest absolute Gasteiger partial charge is 0.00200 e. The Bertz CT molecular complexity index is 268. The Morgan fingerprint density at radius 3 is 2.50 bits per heavy atom. The van der Waals surface area contributed by atoms with Crippen molar-refractivity contribution in [3.8, 4) is 0 Å². The Morgan fingerprint density at radius 2 is 1.93 bits per heavy atom. The second-order valence-electron chi connectivity index (χ2n) is 3.77. The minimum Gasteiger partial charge on any atom is -0.316 e. The lowest BCUT2D eigenvalue weighted by Crippen LogP contribution is -2.21. The van der Waals surface area contributed by atoms with Crippen LogP contribution in [0.2, 0.25) is 0 Å². The Labute approximate surface area is 87.5 Å². The molecule has 1 aromatic rings. The van der Waals surface area contributed by atoms with Crippen molar-refractivity contribution in [1.82, 2.24) is 5.32 Å². The molecule has 0 aromatic heterocycles. The molecule has 0 aliphatic heterocycles. The first-order valence-electron chi connectivity index (χ1n) is 5.55. The van der Waals surface area contributed by atoms with Crippen molar-refractivity contribution in [2.24, 2.45) is 0 Å². The second kappa shape index (κ2) is 5.82. The minimum absolute atomic E-state index is 0.663. The van der Waals surface area contributed by atoms with Gasteiger partial charge in [-0.15, -0.1) is 0 Å². The van der Waals surface area contributed by atoms with Crippen LogP contribution < -0.4 is 5.32 Å². The number of likely N-dealkylation sites (N-methyl/N-ethyl adjacent to an activating group) is 1. The van der Waals surface area contributed by atoms with Gasteiger partial charge in [0, 0.05) is 6.54 Å². The van der Waals surface area contributed by atoms with Gasteiger partial charge in [-0.2, -0.15) is 0 Å². The van der Waals surface area contributed by atoms with E-state index in [0.29, 0.717) is 5.92 Å². The van der Waals surface area contributed by atoms with Crippen molar-refractivity contribution in [2.45, 2.75) is 33.1 Å². The average Bonchev–Trinajstić information content (AvgIpc) is 2.21. The van der Waals surface area contributed by atoms with Gasteiger partial charge in [0.1, 0.15) is 0 Å². The quantitative estimate of drug-likeness (QED) is 0.754. The molecule has 1 heteroatoms. The van der Waals surface area contributed by atoms with Crippen LogP contribution in [0.4, 0.5) is 0 Å². The number of hydrogen-bond acceptors (Lipinski definition) is 1. The molecular weight excluding hydrogens is 170 g/mol. The van der Waals surface area contributed by atoms with E-state index in [2.05, 4.69) is 50.4 Å². The van der Waals surface area contributed by atoms with Gasteiger partial charge in [0.15, 0.2) is 0 Å². The van der Waals surface area contributed by atoms with E-state index in [-0.39, 0.29) is 0 Å². The Morgan fingerprint density at radius 1 is 1.21 bits per heavy atom. The zero-order valence-electron chi connectivity index (χ0n) is 9.51.